The third-order valence-corrected chi connectivity index (χ3v) is 10.4. The molecule has 16 heteroatoms. The predicted octanol–water partition coefficient (Wildman–Crippen LogP) is 5.86. The molecule has 0 saturated carbocycles. The molecule has 0 saturated heterocycles. The minimum atomic E-state index is -0.356. The van der Waals surface area contributed by atoms with E-state index in [9.17, 15) is 4.39 Å². The van der Waals surface area contributed by atoms with Gasteiger partial charge in [0.1, 0.15) is 10.8 Å². The Kier molecular flexibility index (Phi) is 7.31. The van der Waals surface area contributed by atoms with Gasteiger partial charge in [-0.3, -0.25) is 14.1 Å². The van der Waals surface area contributed by atoms with Gasteiger partial charge in [-0.25, -0.2) is 29.0 Å². The maximum atomic E-state index is 14.2. The van der Waals surface area contributed by atoms with Crippen molar-refractivity contribution in [3.05, 3.63) is 95.9 Å². The molecule has 0 fully saturated rings. The minimum Gasteiger partial charge on any atom is -0.320 e. The Labute approximate surface area is 273 Å². The van der Waals surface area contributed by atoms with Gasteiger partial charge >= 0.3 is 0 Å². The van der Waals surface area contributed by atoms with Crippen LogP contribution in [0.15, 0.2) is 89.7 Å². The summed E-state index contributed by atoms with van der Waals surface area (Å²) in [5.74, 6) is 2.12. The minimum absolute atomic E-state index is 0.356. The number of hydrogen-bond acceptors (Lipinski definition) is 11. The van der Waals surface area contributed by atoms with Gasteiger partial charge in [0.2, 0.25) is 5.95 Å². The van der Waals surface area contributed by atoms with Crippen molar-refractivity contribution in [1.29, 1.82) is 0 Å². The fourth-order valence-corrected chi connectivity index (χ4v) is 7.90. The van der Waals surface area contributed by atoms with Gasteiger partial charge in [0.25, 0.3) is 5.95 Å². The van der Waals surface area contributed by atoms with Crippen LogP contribution in [0.5, 0.6) is 0 Å². The van der Waals surface area contributed by atoms with Gasteiger partial charge in [0.05, 0.1) is 38.4 Å². The molecule has 8 rings (SSSR count). The quantitative estimate of drug-likeness (QED) is 0.173. The van der Waals surface area contributed by atoms with Crippen LogP contribution in [-0.2, 0) is 25.6 Å². The maximum Gasteiger partial charge on any atom is 0.256 e. The summed E-state index contributed by atoms with van der Waals surface area (Å²) in [6, 6.07) is 16.7. The fourth-order valence-electron chi connectivity index (χ4n) is 5.06. The Morgan fingerprint density at radius 1 is 0.804 bits per heavy atom. The van der Waals surface area contributed by atoms with Gasteiger partial charge < -0.3 is 4.57 Å². The highest BCUT2D eigenvalue weighted by atomic mass is 32.2. The lowest BCUT2D eigenvalue weighted by atomic mass is 10.2. The van der Waals surface area contributed by atoms with Crippen LogP contribution >= 0.6 is 34.9 Å². The molecule has 0 spiro atoms. The average Bonchev–Trinajstić information content (AvgIpc) is 3.90. The van der Waals surface area contributed by atoms with Crippen LogP contribution in [0, 0.1) is 5.82 Å². The third-order valence-electron chi connectivity index (χ3n) is 7.24. The molecule has 0 unspecified atom stereocenters. The molecule has 0 bridgehead atoms. The highest BCUT2D eigenvalue weighted by Gasteiger charge is 2.20. The second-order valence-electron chi connectivity index (χ2n) is 10.3. The summed E-state index contributed by atoms with van der Waals surface area (Å²) in [4.78, 5) is 24.6. The van der Waals surface area contributed by atoms with Gasteiger partial charge in [0, 0.05) is 50.7 Å². The number of pyridine rings is 1. The molecule has 0 N–H and O–H groups in total. The van der Waals surface area contributed by atoms with E-state index >= 15 is 0 Å². The second kappa shape index (κ2) is 11.8. The third kappa shape index (κ3) is 5.23. The Balaban J connectivity index is 1.10. The Bertz CT molecular complexity index is 2340. The molecule has 46 heavy (non-hydrogen) atoms. The summed E-state index contributed by atoms with van der Waals surface area (Å²) in [5, 5.41) is 14.3. The standard InChI is InChI=1S/C30H23FN12S3/c1-40-12-11-33-27(40)42-23-13-18(6-8-21(23)35-29(42)44-16-20-5-3-4-10-32-20)25-15-34-26(46-25)17-45-30-36-22-9-7-19(31)14-24(22)43(30)28-37-38-39-41(28)2/h3-15H,16-17H2,1-2H3. The first kappa shape index (κ1) is 28.5. The summed E-state index contributed by atoms with van der Waals surface area (Å²) < 4.78 is 21.6. The summed E-state index contributed by atoms with van der Waals surface area (Å²) in [5.41, 5.74) is 5.10. The summed E-state index contributed by atoms with van der Waals surface area (Å²) in [6.45, 7) is 0. The van der Waals surface area contributed by atoms with E-state index in [0.29, 0.717) is 33.6 Å². The van der Waals surface area contributed by atoms with Crippen molar-refractivity contribution >= 4 is 56.9 Å². The zero-order chi connectivity index (χ0) is 31.2. The van der Waals surface area contributed by atoms with Crippen LogP contribution in [0.2, 0.25) is 0 Å². The lowest BCUT2D eigenvalue weighted by Crippen LogP contribution is -2.05. The summed E-state index contributed by atoms with van der Waals surface area (Å²) in [6.07, 6.45) is 7.41. The second-order valence-corrected chi connectivity index (χ2v) is 13.3. The van der Waals surface area contributed by atoms with E-state index in [1.54, 1.807) is 53.2 Å². The molecule has 0 aliphatic carbocycles. The number of thiazole rings is 1. The van der Waals surface area contributed by atoms with Crippen LogP contribution in [0.25, 0.3) is 44.4 Å². The van der Waals surface area contributed by atoms with Gasteiger partial charge in [-0.15, -0.1) is 11.3 Å². The van der Waals surface area contributed by atoms with Crippen LogP contribution in [0.1, 0.15) is 10.7 Å². The number of imidazole rings is 3. The molecule has 228 valence electrons. The van der Waals surface area contributed by atoms with Crippen molar-refractivity contribution < 1.29 is 4.39 Å². The lowest BCUT2D eigenvalue weighted by Gasteiger charge is -2.09. The SMILES string of the molecule is Cn1ccnc1-n1c(SCc2ccccn2)nc2ccc(-c3cnc(CSc4nc5ccc(F)cc5n4-c4nnnn4C)s3)cc21. The molecule has 6 heterocycles. The molecule has 12 nitrogen and oxygen atoms in total. The van der Waals surface area contributed by atoms with Crippen molar-refractivity contribution in [3.63, 3.8) is 0 Å². The smallest absolute Gasteiger partial charge is 0.256 e. The van der Waals surface area contributed by atoms with Gasteiger partial charge in [-0.1, -0.05) is 40.8 Å². The molecule has 6 aromatic heterocycles. The van der Waals surface area contributed by atoms with Crippen molar-refractivity contribution in [2.75, 3.05) is 0 Å². The zero-order valence-corrected chi connectivity index (χ0v) is 26.8. The Morgan fingerprint density at radius 3 is 2.33 bits per heavy atom. The largest absolute Gasteiger partial charge is 0.320 e. The first-order chi connectivity index (χ1) is 22.5. The summed E-state index contributed by atoms with van der Waals surface area (Å²) >= 11 is 4.73. The zero-order valence-electron chi connectivity index (χ0n) is 24.4. The van der Waals surface area contributed by atoms with E-state index in [4.69, 9.17) is 15.0 Å². The molecule has 0 amide bonds. The summed E-state index contributed by atoms with van der Waals surface area (Å²) in [7, 11) is 3.71. The fraction of sp³-hybridized carbons (Fsp3) is 0.133. The molecule has 0 radical (unpaired) electrons. The number of aromatic nitrogens is 12. The first-order valence-electron chi connectivity index (χ1n) is 14.0. The van der Waals surface area contributed by atoms with Crippen LogP contribution < -0.4 is 0 Å². The molecular weight excluding hydrogens is 644 g/mol. The Morgan fingerprint density at radius 2 is 1.59 bits per heavy atom. The van der Waals surface area contributed by atoms with E-state index < -0.39 is 0 Å². The predicted molar refractivity (Wildman–Crippen MR) is 176 cm³/mol. The van der Waals surface area contributed by atoms with Crippen molar-refractivity contribution in [1.82, 2.24) is 58.8 Å². The lowest BCUT2D eigenvalue weighted by molar-refractivity contribution is 0.628. The molecule has 2 aromatic carbocycles. The topological polar surface area (TPSA) is 123 Å². The van der Waals surface area contributed by atoms with E-state index in [0.717, 1.165) is 43.3 Å². The van der Waals surface area contributed by atoms with Crippen LogP contribution in [0.3, 0.4) is 0 Å². The van der Waals surface area contributed by atoms with Crippen LogP contribution in [0.4, 0.5) is 4.39 Å². The van der Waals surface area contributed by atoms with E-state index in [1.807, 2.05) is 48.3 Å². The van der Waals surface area contributed by atoms with E-state index in [-0.39, 0.29) is 5.82 Å². The highest BCUT2D eigenvalue weighted by molar-refractivity contribution is 7.98. The highest BCUT2D eigenvalue weighted by Crippen LogP contribution is 2.36. The normalized spacial score (nSPS) is 11.7. The number of nitrogens with zero attached hydrogens (tertiary/aromatic N) is 12. The number of aryl methyl sites for hydroxylation is 2. The number of thioether (sulfide) groups is 2. The van der Waals surface area contributed by atoms with Crippen LogP contribution in [-0.4, -0.2) is 58.8 Å². The van der Waals surface area contributed by atoms with E-state index in [1.165, 1.54) is 28.6 Å². The van der Waals surface area contributed by atoms with Crippen molar-refractivity contribution in [3.8, 4) is 22.3 Å². The molecule has 8 aromatic rings. The Hall–Kier alpha value is -4.93. The number of rotatable bonds is 9. The first-order valence-corrected chi connectivity index (χ1v) is 16.8. The number of benzene rings is 2. The monoisotopic (exact) mass is 666 g/mol. The van der Waals surface area contributed by atoms with Gasteiger partial charge in [-0.05, 0) is 52.4 Å². The maximum absolute atomic E-state index is 14.2. The number of tetrazole rings is 1. The number of halogens is 1. The van der Waals surface area contributed by atoms with Crippen molar-refractivity contribution in [2.24, 2.45) is 14.1 Å². The van der Waals surface area contributed by atoms with Gasteiger partial charge in [0.15, 0.2) is 10.3 Å². The van der Waals surface area contributed by atoms with Crippen molar-refractivity contribution in [2.45, 2.75) is 21.8 Å². The number of hydrogen-bond donors (Lipinski definition) is 0. The molecule has 0 atom stereocenters. The van der Waals surface area contributed by atoms with E-state index in [2.05, 4.69) is 42.2 Å². The molecule has 0 aliphatic rings. The number of fused-ring (bicyclic) bond motifs is 2. The van der Waals surface area contributed by atoms with Gasteiger partial charge in [-0.2, -0.15) is 0 Å². The molecular formula is C30H23FN12S3. The molecule has 0 aliphatic heterocycles. The average molecular weight is 667 g/mol.